The van der Waals surface area contributed by atoms with Crippen molar-refractivity contribution in [2.75, 3.05) is 19.5 Å². The number of anilines is 1. The van der Waals surface area contributed by atoms with E-state index >= 15 is 0 Å². The van der Waals surface area contributed by atoms with Gasteiger partial charge in [0.05, 0.1) is 26.5 Å². The van der Waals surface area contributed by atoms with Crippen molar-refractivity contribution in [3.05, 3.63) is 60.3 Å². The molecule has 0 aliphatic heterocycles. The van der Waals surface area contributed by atoms with E-state index in [2.05, 4.69) is 20.3 Å². The monoisotopic (exact) mass is 494 g/mol. The van der Waals surface area contributed by atoms with Crippen molar-refractivity contribution in [2.24, 2.45) is 10.7 Å². The molecular weight excluding hydrogens is 471 g/mol. The van der Waals surface area contributed by atoms with Gasteiger partial charge in [-0.15, -0.1) is 24.0 Å². The van der Waals surface area contributed by atoms with Crippen LogP contribution in [-0.2, 0) is 6.54 Å². The Morgan fingerprint density at radius 2 is 2.00 bits per heavy atom. The zero-order valence-electron chi connectivity index (χ0n) is 15.9. The molecule has 3 rings (SSSR count). The molecule has 0 unspecified atom stereocenters. The van der Waals surface area contributed by atoms with Gasteiger partial charge in [-0.3, -0.25) is 4.57 Å². The van der Waals surface area contributed by atoms with Gasteiger partial charge in [0, 0.05) is 24.7 Å². The molecule has 0 saturated heterocycles. The van der Waals surface area contributed by atoms with E-state index in [0.717, 1.165) is 17.2 Å². The molecule has 148 valence electrons. The largest absolute Gasteiger partial charge is 0.497 e. The number of imidazole rings is 1. The van der Waals surface area contributed by atoms with E-state index in [9.17, 15) is 0 Å². The smallest absolute Gasteiger partial charge is 0.193 e. The molecule has 3 aromatic rings. The van der Waals surface area contributed by atoms with Crippen LogP contribution in [0, 0.1) is 6.92 Å². The summed E-state index contributed by atoms with van der Waals surface area (Å²) in [6.07, 6.45) is 5.39. The van der Waals surface area contributed by atoms with Gasteiger partial charge in [-0.05, 0) is 30.7 Å². The maximum absolute atomic E-state index is 6.01. The highest BCUT2D eigenvalue weighted by molar-refractivity contribution is 14.0. The van der Waals surface area contributed by atoms with Gasteiger partial charge in [0.1, 0.15) is 23.1 Å². The number of pyridine rings is 1. The summed E-state index contributed by atoms with van der Waals surface area (Å²) in [6.45, 7) is 2.33. The van der Waals surface area contributed by atoms with E-state index in [4.69, 9.17) is 15.2 Å². The summed E-state index contributed by atoms with van der Waals surface area (Å²) in [5.41, 5.74) is 7.63. The third-order valence-corrected chi connectivity index (χ3v) is 3.98. The number of aliphatic imine (C=N–C) groups is 1. The Hall–Kier alpha value is -2.82. The van der Waals surface area contributed by atoms with Crippen LogP contribution in [0.25, 0.3) is 5.82 Å². The molecule has 0 aliphatic rings. The van der Waals surface area contributed by atoms with E-state index in [1.54, 1.807) is 38.7 Å². The number of rotatable bonds is 6. The minimum Gasteiger partial charge on any atom is -0.497 e. The number of methoxy groups -OCH3 is 2. The summed E-state index contributed by atoms with van der Waals surface area (Å²) in [7, 11) is 3.19. The minimum absolute atomic E-state index is 0. The van der Waals surface area contributed by atoms with Gasteiger partial charge in [-0.1, -0.05) is 6.07 Å². The number of nitrogens with zero attached hydrogens (tertiary/aromatic N) is 4. The van der Waals surface area contributed by atoms with Gasteiger partial charge in [0.15, 0.2) is 5.96 Å². The van der Waals surface area contributed by atoms with E-state index in [1.165, 1.54) is 0 Å². The molecule has 0 spiro atoms. The molecule has 1 aromatic carbocycles. The molecule has 0 amide bonds. The number of guanidine groups is 1. The van der Waals surface area contributed by atoms with Crippen molar-refractivity contribution in [1.29, 1.82) is 0 Å². The molecule has 0 radical (unpaired) electrons. The predicted octanol–water partition coefficient (Wildman–Crippen LogP) is 3.14. The number of halogens is 1. The summed E-state index contributed by atoms with van der Waals surface area (Å²) < 4.78 is 12.5. The van der Waals surface area contributed by atoms with E-state index in [-0.39, 0.29) is 29.9 Å². The lowest BCUT2D eigenvalue weighted by Crippen LogP contribution is -2.23. The average molecular weight is 494 g/mol. The van der Waals surface area contributed by atoms with Crippen molar-refractivity contribution >= 4 is 35.6 Å². The highest BCUT2D eigenvalue weighted by atomic mass is 127. The van der Waals surface area contributed by atoms with Crippen LogP contribution in [0.4, 0.5) is 5.69 Å². The Morgan fingerprint density at radius 3 is 2.61 bits per heavy atom. The Balaban J connectivity index is 0.00000280. The molecule has 0 saturated carbocycles. The third kappa shape index (κ3) is 5.12. The number of aromatic nitrogens is 3. The van der Waals surface area contributed by atoms with Gasteiger partial charge >= 0.3 is 0 Å². The lowest BCUT2D eigenvalue weighted by atomic mass is 10.2. The SMILES string of the molecule is COc1ccc(OC)c(NC(N)=NCc2ccc(-n3ccnc3C)nc2)c1.I. The van der Waals surface area contributed by atoms with Gasteiger partial charge in [-0.25, -0.2) is 15.0 Å². The molecule has 28 heavy (non-hydrogen) atoms. The number of benzene rings is 1. The van der Waals surface area contributed by atoms with Crippen LogP contribution in [-0.4, -0.2) is 34.7 Å². The normalized spacial score (nSPS) is 10.9. The maximum Gasteiger partial charge on any atom is 0.193 e. The van der Waals surface area contributed by atoms with Crippen LogP contribution in [0.5, 0.6) is 11.5 Å². The van der Waals surface area contributed by atoms with Crippen molar-refractivity contribution in [3.8, 4) is 17.3 Å². The third-order valence-electron chi connectivity index (χ3n) is 3.98. The van der Waals surface area contributed by atoms with Crippen LogP contribution in [0.1, 0.15) is 11.4 Å². The Bertz CT molecular complexity index is 940. The van der Waals surface area contributed by atoms with Crippen molar-refractivity contribution in [1.82, 2.24) is 14.5 Å². The van der Waals surface area contributed by atoms with E-state index in [0.29, 0.717) is 23.7 Å². The van der Waals surface area contributed by atoms with Crippen molar-refractivity contribution in [3.63, 3.8) is 0 Å². The van der Waals surface area contributed by atoms with Crippen LogP contribution >= 0.6 is 24.0 Å². The second kappa shape index (κ2) is 9.93. The van der Waals surface area contributed by atoms with Crippen LogP contribution < -0.4 is 20.5 Å². The number of ether oxygens (including phenoxy) is 2. The fourth-order valence-corrected chi connectivity index (χ4v) is 2.54. The maximum atomic E-state index is 6.01. The molecule has 0 bridgehead atoms. The first-order chi connectivity index (χ1) is 13.1. The van der Waals surface area contributed by atoms with E-state index < -0.39 is 0 Å². The molecule has 0 atom stereocenters. The first kappa shape index (κ1) is 21.5. The van der Waals surface area contributed by atoms with Crippen LogP contribution in [0.15, 0.2) is 53.9 Å². The average Bonchev–Trinajstić information content (AvgIpc) is 3.12. The first-order valence-corrected chi connectivity index (χ1v) is 8.35. The number of nitrogens with one attached hydrogen (secondary N) is 1. The summed E-state index contributed by atoms with van der Waals surface area (Å²) in [4.78, 5) is 13.0. The second-order valence-corrected chi connectivity index (χ2v) is 5.76. The number of hydrogen-bond donors (Lipinski definition) is 2. The highest BCUT2D eigenvalue weighted by Gasteiger charge is 2.06. The first-order valence-electron chi connectivity index (χ1n) is 8.35. The highest BCUT2D eigenvalue weighted by Crippen LogP contribution is 2.28. The fourth-order valence-electron chi connectivity index (χ4n) is 2.54. The molecule has 3 N–H and O–H groups in total. The zero-order chi connectivity index (χ0) is 19.2. The summed E-state index contributed by atoms with van der Waals surface area (Å²) in [5.74, 6) is 3.31. The van der Waals surface area contributed by atoms with Gasteiger partial charge in [0.2, 0.25) is 0 Å². The minimum atomic E-state index is 0. The topological polar surface area (TPSA) is 99.6 Å². The zero-order valence-corrected chi connectivity index (χ0v) is 18.2. The van der Waals surface area contributed by atoms with Gasteiger partial charge in [0.25, 0.3) is 0 Å². The van der Waals surface area contributed by atoms with Crippen molar-refractivity contribution in [2.45, 2.75) is 13.5 Å². The van der Waals surface area contributed by atoms with E-state index in [1.807, 2.05) is 35.9 Å². The Labute approximate surface area is 180 Å². The number of aryl methyl sites for hydroxylation is 1. The molecular formula is C19H23IN6O2. The quantitative estimate of drug-likeness (QED) is 0.311. The molecule has 2 aromatic heterocycles. The second-order valence-electron chi connectivity index (χ2n) is 5.76. The Kier molecular flexibility index (Phi) is 7.61. The molecule has 0 fully saturated rings. The lowest BCUT2D eigenvalue weighted by molar-refractivity contribution is 0.405. The summed E-state index contributed by atoms with van der Waals surface area (Å²) in [6, 6.07) is 9.30. The Morgan fingerprint density at radius 1 is 1.18 bits per heavy atom. The van der Waals surface area contributed by atoms with Gasteiger partial charge < -0.3 is 20.5 Å². The van der Waals surface area contributed by atoms with Crippen LogP contribution in [0.2, 0.25) is 0 Å². The summed E-state index contributed by atoms with van der Waals surface area (Å²) in [5, 5.41) is 3.04. The number of nitrogens with two attached hydrogens (primary N) is 1. The standard InChI is InChI=1S/C19H22N6O2.HI/c1-13-21-8-9-25(13)18-7-4-14(11-22-18)12-23-19(20)24-16-10-15(26-2)5-6-17(16)27-3;/h4-11H,12H2,1-3H3,(H3,20,23,24);1H. The predicted molar refractivity (Wildman–Crippen MR) is 120 cm³/mol. The fraction of sp³-hybridized carbons (Fsp3) is 0.211. The van der Waals surface area contributed by atoms with Crippen LogP contribution in [0.3, 0.4) is 0 Å². The van der Waals surface area contributed by atoms with Crippen molar-refractivity contribution < 1.29 is 9.47 Å². The molecule has 8 nitrogen and oxygen atoms in total. The van der Waals surface area contributed by atoms with Gasteiger partial charge in [-0.2, -0.15) is 0 Å². The lowest BCUT2D eigenvalue weighted by Gasteiger charge is -2.12. The number of hydrogen-bond acceptors (Lipinski definition) is 5. The molecule has 0 aliphatic carbocycles. The summed E-state index contributed by atoms with van der Waals surface area (Å²) >= 11 is 0. The molecule has 9 heteroatoms. The molecule has 2 heterocycles.